The van der Waals surface area contributed by atoms with Crippen molar-refractivity contribution in [3.63, 3.8) is 0 Å². The highest BCUT2D eigenvalue weighted by molar-refractivity contribution is 7.90. The molecule has 0 saturated carbocycles. The summed E-state index contributed by atoms with van der Waals surface area (Å²) in [5.74, 6) is -1.17. The predicted octanol–water partition coefficient (Wildman–Crippen LogP) is 7.19. The van der Waals surface area contributed by atoms with Crippen LogP contribution in [-0.4, -0.2) is 20.2 Å². The first-order chi connectivity index (χ1) is 21.7. The molecule has 0 saturated heterocycles. The first kappa shape index (κ1) is 31.2. The summed E-state index contributed by atoms with van der Waals surface area (Å²) in [4.78, 5) is 27.3. The second-order valence-corrected chi connectivity index (χ2v) is 13.0. The Morgan fingerprint density at radius 3 is 2.24 bits per heavy atom. The van der Waals surface area contributed by atoms with Crippen molar-refractivity contribution in [2.45, 2.75) is 37.5 Å². The average Bonchev–Trinajstić information content (AvgIpc) is 3.04. The number of benzene rings is 5. The van der Waals surface area contributed by atoms with E-state index in [-0.39, 0.29) is 28.7 Å². The van der Waals surface area contributed by atoms with Crippen LogP contribution in [0, 0.1) is 17.2 Å². The number of carbonyl (C=O) groups excluding carboxylic acids is 2. The molecule has 5 aromatic rings. The Morgan fingerprint density at radius 1 is 0.800 bits per heavy atom. The third-order valence-corrected chi connectivity index (χ3v) is 8.99. The molecule has 2 amide bonds. The molecule has 0 radical (unpaired) electrons. The van der Waals surface area contributed by atoms with Gasteiger partial charge in [-0.05, 0) is 70.1 Å². The van der Waals surface area contributed by atoms with Crippen molar-refractivity contribution in [2.75, 3.05) is 5.32 Å². The van der Waals surface area contributed by atoms with Gasteiger partial charge in [0.2, 0.25) is 5.91 Å². The maximum absolute atomic E-state index is 14.0. The molecule has 0 aromatic heterocycles. The lowest BCUT2D eigenvalue weighted by Gasteiger charge is -2.22. The van der Waals surface area contributed by atoms with Crippen molar-refractivity contribution < 1.29 is 18.0 Å². The van der Waals surface area contributed by atoms with Crippen molar-refractivity contribution in [3.05, 3.63) is 143 Å². The van der Waals surface area contributed by atoms with Gasteiger partial charge in [0.1, 0.15) is 0 Å². The maximum Gasteiger partial charge on any atom is 0.265 e. The largest absolute Gasteiger partial charge is 0.325 e. The van der Waals surface area contributed by atoms with Crippen LogP contribution in [0.5, 0.6) is 0 Å². The lowest BCUT2D eigenvalue weighted by molar-refractivity contribution is -0.117. The van der Waals surface area contributed by atoms with Gasteiger partial charge < -0.3 is 5.32 Å². The van der Waals surface area contributed by atoms with Crippen molar-refractivity contribution >= 4 is 38.3 Å². The van der Waals surface area contributed by atoms with E-state index in [1.54, 1.807) is 60.7 Å². The number of nitrogens with zero attached hydrogens (tertiary/aromatic N) is 1. The molecule has 0 heterocycles. The van der Waals surface area contributed by atoms with Crippen LogP contribution in [0.4, 0.5) is 5.69 Å². The van der Waals surface area contributed by atoms with Gasteiger partial charge in [0.05, 0.1) is 22.4 Å². The van der Waals surface area contributed by atoms with Crippen LogP contribution >= 0.6 is 0 Å². The number of amides is 2. The van der Waals surface area contributed by atoms with Gasteiger partial charge in [-0.15, -0.1) is 0 Å². The number of anilines is 1. The van der Waals surface area contributed by atoms with Crippen molar-refractivity contribution in [1.82, 2.24) is 4.72 Å². The van der Waals surface area contributed by atoms with Gasteiger partial charge in [-0.1, -0.05) is 98.8 Å². The molecule has 0 bridgehead atoms. The number of nitriles is 1. The van der Waals surface area contributed by atoms with E-state index in [0.29, 0.717) is 28.8 Å². The molecule has 226 valence electrons. The van der Waals surface area contributed by atoms with Crippen molar-refractivity contribution in [1.29, 1.82) is 5.26 Å². The summed E-state index contributed by atoms with van der Waals surface area (Å²) in [5.41, 5.74) is 3.19. The Kier molecular flexibility index (Phi) is 9.41. The van der Waals surface area contributed by atoms with Crippen LogP contribution < -0.4 is 10.0 Å². The highest BCUT2D eigenvalue weighted by Crippen LogP contribution is 2.32. The summed E-state index contributed by atoms with van der Waals surface area (Å²) in [6, 6.07) is 35.5. The Bertz CT molecular complexity index is 2010. The summed E-state index contributed by atoms with van der Waals surface area (Å²) in [6.07, 6.45) is 0.825. The molecule has 5 aromatic carbocycles. The summed E-state index contributed by atoms with van der Waals surface area (Å²) in [7, 11) is -4.08. The number of rotatable bonds is 10. The third kappa shape index (κ3) is 7.28. The van der Waals surface area contributed by atoms with E-state index < -0.39 is 21.8 Å². The summed E-state index contributed by atoms with van der Waals surface area (Å²) in [6.45, 7) is 4.15. The Morgan fingerprint density at radius 2 is 1.49 bits per heavy atom. The number of sulfonamides is 1. The van der Waals surface area contributed by atoms with Crippen LogP contribution in [0.25, 0.3) is 10.8 Å². The van der Waals surface area contributed by atoms with E-state index in [1.807, 2.05) is 42.5 Å². The van der Waals surface area contributed by atoms with Crippen molar-refractivity contribution in [2.24, 2.45) is 5.92 Å². The molecule has 0 spiro atoms. The molecular weight excluding hydrogens is 582 g/mol. The van der Waals surface area contributed by atoms with Gasteiger partial charge in [0.25, 0.3) is 15.9 Å². The molecule has 0 fully saturated rings. The number of nitrogens with one attached hydrogen (secondary N) is 2. The smallest absolute Gasteiger partial charge is 0.265 e. The van der Waals surface area contributed by atoms with Gasteiger partial charge in [0, 0.05) is 17.7 Å². The zero-order chi connectivity index (χ0) is 32.0. The van der Waals surface area contributed by atoms with Gasteiger partial charge in [-0.3, -0.25) is 9.59 Å². The third-order valence-electron chi connectivity index (χ3n) is 7.64. The lowest BCUT2D eigenvalue weighted by Crippen LogP contribution is -2.31. The fraction of sp³-hybridized carbons (Fsp3) is 0.162. The van der Waals surface area contributed by atoms with Gasteiger partial charge in [-0.2, -0.15) is 5.26 Å². The first-order valence-electron chi connectivity index (χ1n) is 14.7. The molecule has 7 nitrogen and oxygen atoms in total. The normalized spacial score (nSPS) is 12.0. The molecule has 1 unspecified atom stereocenters. The van der Waals surface area contributed by atoms with Crippen LogP contribution in [0.1, 0.15) is 58.8 Å². The zero-order valence-electron chi connectivity index (χ0n) is 25.0. The first-order valence-corrected chi connectivity index (χ1v) is 16.2. The SMILES string of the molecule is CC(C)CC(C(=O)Nc1cc(C#N)ccc1Cc1ccccc1C(=O)NS(=O)(=O)c1ccccc1)c1cccc2ccccc12. The van der Waals surface area contributed by atoms with E-state index >= 15 is 0 Å². The number of carbonyl (C=O) groups is 2. The fourth-order valence-electron chi connectivity index (χ4n) is 5.47. The quantitative estimate of drug-likeness (QED) is 0.173. The van der Waals surface area contributed by atoms with E-state index in [4.69, 9.17) is 0 Å². The molecule has 0 aliphatic rings. The van der Waals surface area contributed by atoms with Gasteiger partial charge in [0.15, 0.2) is 0 Å². The van der Waals surface area contributed by atoms with Crippen LogP contribution in [-0.2, 0) is 21.2 Å². The molecule has 1 atom stereocenters. The Hall–Kier alpha value is -5.26. The minimum absolute atomic E-state index is 0.0185. The van der Waals surface area contributed by atoms with E-state index in [0.717, 1.165) is 16.3 Å². The zero-order valence-corrected chi connectivity index (χ0v) is 25.8. The van der Waals surface area contributed by atoms with E-state index in [1.165, 1.54) is 12.1 Å². The topological polar surface area (TPSA) is 116 Å². The molecule has 45 heavy (non-hydrogen) atoms. The molecule has 0 aliphatic heterocycles. The number of hydrogen-bond acceptors (Lipinski definition) is 5. The average molecular weight is 616 g/mol. The van der Waals surface area contributed by atoms with Gasteiger partial charge >= 0.3 is 0 Å². The number of fused-ring (bicyclic) bond motifs is 1. The molecule has 0 aliphatic carbocycles. The Labute approximate surface area is 263 Å². The maximum atomic E-state index is 14.0. The van der Waals surface area contributed by atoms with Crippen LogP contribution in [0.2, 0.25) is 0 Å². The van der Waals surface area contributed by atoms with E-state index in [9.17, 15) is 23.3 Å². The molecule has 5 rings (SSSR count). The highest BCUT2D eigenvalue weighted by Gasteiger charge is 2.25. The second kappa shape index (κ2) is 13.6. The number of hydrogen-bond donors (Lipinski definition) is 2. The second-order valence-electron chi connectivity index (χ2n) is 11.3. The van der Waals surface area contributed by atoms with Crippen LogP contribution in [0.3, 0.4) is 0 Å². The minimum atomic E-state index is -4.08. The summed E-state index contributed by atoms with van der Waals surface area (Å²) in [5, 5.41) is 14.8. The van der Waals surface area contributed by atoms with E-state index in [2.05, 4.69) is 30.0 Å². The molecule has 2 N–H and O–H groups in total. The van der Waals surface area contributed by atoms with Crippen LogP contribution in [0.15, 0.2) is 120 Å². The highest BCUT2D eigenvalue weighted by atomic mass is 32.2. The predicted molar refractivity (Wildman–Crippen MR) is 176 cm³/mol. The molecule has 8 heteroatoms. The molecular formula is C37H33N3O4S. The van der Waals surface area contributed by atoms with Crippen molar-refractivity contribution in [3.8, 4) is 6.07 Å². The fourth-order valence-corrected chi connectivity index (χ4v) is 6.46. The Balaban J connectivity index is 1.46. The van der Waals surface area contributed by atoms with Gasteiger partial charge in [-0.25, -0.2) is 13.1 Å². The monoisotopic (exact) mass is 615 g/mol. The minimum Gasteiger partial charge on any atom is -0.325 e. The summed E-state index contributed by atoms with van der Waals surface area (Å²) < 4.78 is 27.9. The standard InChI is InChI=1S/C37H33N3O4S/c1-25(2)21-34(33-18-10-13-27-11-6-8-16-31(27)33)36(41)39-35-22-26(24-38)19-20-29(35)23-28-12-7-9-17-32(28)37(42)40-45(43,44)30-14-4-3-5-15-30/h3-20,22,25,34H,21,23H2,1-2H3,(H,39,41)(H,40,42). The summed E-state index contributed by atoms with van der Waals surface area (Å²) >= 11 is 0. The lowest BCUT2D eigenvalue weighted by atomic mass is 9.86.